The molecule has 0 saturated carbocycles. The summed E-state index contributed by atoms with van der Waals surface area (Å²) in [6, 6.07) is 34.7. The van der Waals surface area contributed by atoms with E-state index in [-0.39, 0.29) is 11.5 Å². The molecule has 0 unspecified atom stereocenters. The Labute approximate surface area is 314 Å². The summed E-state index contributed by atoms with van der Waals surface area (Å²) in [6.45, 7) is 0. The van der Waals surface area contributed by atoms with Crippen molar-refractivity contribution < 1.29 is 17.9 Å². The highest BCUT2D eigenvalue weighted by atomic mass is 32.2. The minimum Gasteiger partial charge on any atom is -0.457 e. The molecule has 8 aromatic rings. The van der Waals surface area contributed by atoms with Crippen LogP contribution in [0.1, 0.15) is 22.5 Å². The van der Waals surface area contributed by atoms with Crippen molar-refractivity contribution in [2.75, 3.05) is 11.5 Å². The van der Waals surface area contributed by atoms with Crippen LogP contribution in [0.2, 0.25) is 0 Å². The molecule has 0 spiro atoms. The molecule has 10 rings (SSSR count). The maximum Gasteiger partial charge on any atom is 0.160 e. The molecule has 0 bridgehead atoms. The molecule has 2 aliphatic heterocycles. The Bertz CT molecular complexity index is 2770. The second kappa shape index (κ2) is 13.5. The van der Waals surface area contributed by atoms with E-state index in [1.54, 1.807) is 6.33 Å². The Morgan fingerprint density at radius 1 is 0.537 bits per heavy atom. The Morgan fingerprint density at radius 3 is 1.52 bits per heavy atom. The number of thioether (sulfide) groups is 1. The third-order valence-electron chi connectivity index (χ3n) is 9.31. The van der Waals surface area contributed by atoms with Crippen LogP contribution in [-0.2, 0) is 32.8 Å². The number of sulfone groups is 1. The number of ether oxygens (including phenoxy) is 2. The van der Waals surface area contributed by atoms with E-state index in [9.17, 15) is 8.42 Å². The molecule has 0 radical (unpaired) electrons. The molecule has 4 aromatic carbocycles. The fourth-order valence-electron chi connectivity index (χ4n) is 6.96. The summed E-state index contributed by atoms with van der Waals surface area (Å²) in [5, 5.41) is 0. The molecule has 0 aliphatic carbocycles. The highest BCUT2D eigenvalue weighted by Crippen LogP contribution is 2.41. The number of nitrogens with zero attached hydrogens (tertiary/aromatic N) is 6. The van der Waals surface area contributed by atoms with E-state index in [0.29, 0.717) is 39.7 Å². The van der Waals surface area contributed by atoms with Gasteiger partial charge in [-0.3, -0.25) is 0 Å². The molecule has 0 saturated heterocycles. The molecule has 4 aromatic heterocycles. The first-order valence-corrected chi connectivity index (χ1v) is 20.0. The molecule has 12 nitrogen and oxygen atoms in total. The van der Waals surface area contributed by atoms with Crippen molar-refractivity contribution in [3.05, 3.63) is 144 Å². The minimum absolute atomic E-state index is 0.0303. The van der Waals surface area contributed by atoms with Gasteiger partial charge < -0.3 is 30.1 Å². The summed E-state index contributed by atoms with van der Waals surface area (Å²) >= 11 is 1.90. The lowest BCUT2D eigenvalue weighted by molar-refractivity contribution is 0.482. The molecule has 0 atom stereocenters. The number of aromatic nitrogens is 6. The van der Waals surface area contributed by atoms with Crippen molar-refractivity contribution in [1.29, 1.82) is 0 Å². The first kappa shape index (κ1) is 33.5. The molecule has 54 heavy (non-hydrogen) atoms. The second-order valence-electron chi connectivity index (χ2n) is 12.8. The van der Waals surface area contributed by atoms with Crippen LogP contribution >= 0.6 is 11.8 Å². The quantitative estimate of drug-likeness (QED) is 0.170. The van der Waals surface area contributed by atoms with E-state index in [0.717, 1.165) is 51.2 Å². The topological polar surface area (TPSA) is 166 Å². The third kappa shape index (κ3) is 6.14. The van der Waals surface area contributed by atoms with Crippen LogP contribution in [0, 0.1) is 0 Å². The van der Waals surface area contributed by atoms with Crippen LogP contribution in [0.4, 0.5) is 11.6 Å². The van der Waals surface area contributed by atoms with Crippen molar-refractivity contribution in [3.63, 3.8) is 0 Å². The van der Waals surface area contributed by atoms with Crippen LogP contribution in [0.3, 0.4) is 0 Å². The number of hydrogen-bond donors (Lipinski definition) is 2. The number of benzene rings is 4. The van der Waals surface area contributed by atoms with Crippen molar-refractivity contribution in [1.82, 2.24) is 29.1 Å². The second-order valence-corrected chi connectivity index (χ2v) is 15.8. The highest BCUT2D eigenvalue weighted by Gasteiger charge is 2.33. The summed E-state index contributed by atoms with van der Waals surface area (Å²) in [6.07, 6.45) is 2.91. The van der Waals surface area contributed by atoms with E-state index >= 15 is 0 Å². The average Bonchev–Trinajstić information content (AvgIpc) is 3.93. The Kier molecular flexibility index (Phi) is 8.39. The van der Waals surface area contributed by atoms with Gasteiger partial charge in [0, 0.05) is 45.4 Å². The normalized spacial score (nSPS) is 14.0. The fourth-order valence-corrected chi connectivity index (χ4v) is 9.63. The number of nitrogen functional groups attached to an aromatic ring is 2. The Hall–Kier alpha value is -6.38. The number of para-hydroxylation sites is 2. The molecule has 4 N–H and O–H groups in total. The van der Waals surface area contributed by atoms with Crippen LogP contribution in [0.25, 0.3) is 33.4 Å². The monoisotopic (exact) mass is 752 g/mol. The number of hydrogen-bond acceptors (Lipinski definition) is 11. The highest BCUT2D eigenvalue weighted by molar-refractivity contribution is 7.98. The summed E-state index contributed by atoms with van der Waals surface area (Å²) in [7, 11) is -3.19. The van der Waals surface area contributed by atoms with Crippen molar-refractivity contribution in [2.45, 2.75) is 23.0 Å². The smallest absolute Gasteiger partial charge is 0.160 e. The maximum absolute atomic E-state index is 12.2. The summed E-state index contributed by atoms with van der Waals surface area (Å²) in [5.41, 5.74) is 21.1. The molecular weight excluding hydrogens is 721 g/mol. The fraction of sp³-hybridized carbons (Fsp3) is 0.100. The molecular formula is C40H32N8O4S2. The van der Waals surface area contributed by atoms with Crippen LogP contribution in [0.15, 0.2) is 122 Å². The van der Waals surface area contributed by atoms with Crippen LogP contribution in [0.5, 0.6) is 23.0 Å². The zero-order valence-corrected chi connectivity index (χ0v) is 30.3. The number of fused-ring (bicyclic) bond motifs is 6. The SMILES string of the molecule is Nc1ncnc2c3c(n(-c4ccc(Oc5ccccc5)cc4)c12)CS(=O)(=O)C3.Nc1ncnc2c3c(n(-c4ccc(Oc5ccccc5)cc4)c12)CSC3. The lowest BCUT2D eigenvalue weighted by Crippen LogP contribution is -2.05. The summed E-state index contributed by atoms with van der Waals surface area (Å²) in [4.78, 5) is 17.1. The molecule has 6 heterocycles. The predicted octanol–water partition coefficient (Wildman–Crippen LogP) is 7.77. The maximum atomic E-state index is 12.2. The number of anilines is 2. The van der Waals surface area contributed by atoms with Gasteiger partial charge >= 0.3 is 0 Å². The molecule has 0 amide bonds. The third-order valence-corrected chi connectivity index (χ3v) is 11.7. The van der Waals surface area contributed by atoms with Crippen molar-refractivity contribution in [3.8, 4) is 34.4 Å². The van der Waals surface area contributed by atoms with E-state index in [1.807, 2.05) is 126 Å². The lowest BCUT2D eigenvalue weighted by Gasteiger charge is -2.11. The van der Waals surface area contributed by atoms with Crippen molar-refractivity contribution >= 4 is 55.3 Å². The lowest BCUT2D eigenvalue weighted by atomic mass is 10.2. The van der Waals surface area contributed by atoms with Gasteiger partial charge in [-0.15, -0.1) is 0 Å². The van der Waals surface area contributed by atoms with E-state index in [4.69, 9.17) is 20.9 Å². The molecule has 268 valence electrons. The van der Waals surface area contributed by atoms with Gasteiger partial charge in [0.25, 0.3) is 0 Å². The van der Waals surface area contributed by atoms with Crippen LogP contribution < -0.4 is 20.9 Å². The Balaban J connectivity index is 0.000000143. The van der Waals surface area contributed by atoms with Crippen LogP contribution in [-0.4, -0.2) is 37.5 Å². The van der Waals surface area contributed by atoms with E-state index < -0.39 is 9.84 Å². The minimum atomic E-state index is -3.19. The Morgan fingerprint density at radius 2 is 1.00 bits per heavy atom. The number of nitrogens with two attached hydrogens (primary N) is 2. The van der Waals surface area contributed by atoms with Gasteiger partial charge in [-0.25, -0.2) is 28.4 Å². The zero-order valence-electron chi connectivity index (χ0n) is 28.7. The van der Waals surface area contributed by atoms with Gasteiger partial charge in [-0.2, -0.15) is 11.8 Å². The predicted molar refractivity (Wildman–Crippen MR) is 211 cm³/mol. The van der Waals surface area contributed by atoms with Gasteiger partial charge in [-0.05, 0) is 72.8 Å². The van der Waals surface area contributed by atoms with Gasteiger partial charge in [0.15, 0.2) is 21.5 Å². The summed E-state index contributed by atoms with van der Waals surface area (Å²) in [5.74, 6) is 5.72. The average molecular weight is 753 g/mol. The van der Waals surface area contributed by atoms with E-state index in [2.05, 4.69) is 24.5 Å². The van der Waals surface area contributed by atoms with Gasteiger partial charge in [0.2, 0.25) is 0 Å². The first-order valence-electron chi connectivity index (χ1n) is 17.0. The van der Waals surface area contributed by atoms with E-state index in [1.165, 1.54) is 17.6 Å². The summed E-state index contributed by atoms with van der Waals surface area (Å²) < 4.78 is 40.2. The van der Waals surface area contributed by atoms with Gasteiger partial charge in [-0.1, -0.05) is 36.4 Å². The molecule has 14 heteroatoms. The van der Waals surface area contributed by atoms with Gasteiger partial charge in [0.1, 0.15) is 46.7 Å². The zero-order chi connectivity index (χ0) is 36.8. The largest absolute Gasteiger partial charge is 0.457 e. The number of rotatable bonds is 6. The van der Waals surface area contributed by atoms with Gasteiger partial charge in [0.05, 0.1) is 22.5 Å². The molecule has 2 aliphatic rings. The first-order chi connectivity index (χ1) is 26.3. The van der Waals surface area contributed by atoms with Crippen molar-refractivity contribution in [2.24, 2.45) is 0 Å². The standard InChI is InChI=1S/C20H16N4O3S.C20H16N4OS/c21-20-19-18(22-12-23-20)16-10-28(25,26)11-17(16)24(19)13-6-8-15(9-7-13)27-14-4-2-1-3-5-14;21-20-19-18(22-12-23-20)16-10-26-11-17(16)24(19)13-6-8-15(9-7-13)25-14-4-2-1-3-5-14/h1-9,12H,10-11H2,(H2,21,22,23);1-9,12H,10-11H2,(H2,21,22,23). The molecule has 0 fully saturated rings.